The number of methoxy groups -OCH3 is 1. The van der Waals surface area contributed by atoms with E-state index in [0.717, 1.165) is 5.90 Å². The average molecular weight is 399 g/mol. The third kappa shape index (κ3) is 6.37. The number of nitrogens with zero attached hydrogens (tertiary/aromatic N) is 1. The molecule has 0 amide bonds. The van der Waals surface area contributed by atoms with Crippen molar-refractivity contribution in [2.45, 2.75) is 45.1 Å². The van der Waals surface area contributed by atoms with Gasteiger partial charge in [-0.15, -0.1) is 0 Å². The second-order valence-electron chi connectivity index (χ2n) is 7.63. The minimum atomic E-state index is -1.36. The molecule has 0 bridgehead atoms. The maximum absolute atomic E-state index is 5.83. The summed E-state index contributed by atoms with van der Waals surface area (Å²) in [7, 11) is 0.364. The van der Waals surface area contributed by atoms with E-state index in [0.29, 0.717) is 6.61 Å². The molecule has 136 valence electrons. The van der Waals surface area contributed by atoms with Crippen LogP contribution in [-0.2, 0) is 26.5 Å². The van der Waals surface area contributed by atoms with Crippen molar-refractivity contribution in [3.63, 3.8) is 0 Å². The molecule has 3 nitrogen and oxygen atoms in total. The third-order valence-electron chi connectivity index (χ3n) is 4.39. The second-order valence-corrected chi connectivity index (χ2v) is 12.7. The Morgan fingerprint density at radius 3 is 2.08 bits per heavy atom. The molecule has 0 aromatic heterocycles. The molecule has 3 rings (SSSR count). The molecule has 5 heteroatoms. The molecule has 1 heterocycles. The molecule has 0 aromatic carbocycles. The summed E-state index contributed by atoms with van der Waals surface area (Å²) in [5.74, 6) is 1.96. The predicted octanol–water partition coefficient (Wildman–Crippen LogP) is 3.88. The molecular formula is C20H29FeNO2Si+2. The van der Waals surface area contributed by atoms with Crippen LogP contribution in [-0.4, -0.2) is 39.3 Å². The van der Waals surface area contributed by atoms with Crippen molar-refractivity contribution in [3.05, 3.63) is 62.8 Å². The van der Waals surface area contributed by atoms with Crippen molar-refractivity contribution in [1.82, 2.24) is 0 Å². The van der Waals surface area contributed by atoms with Gasteiger partial charge in [0.15, 0.2) is 5.90 Å². The van der Waals surface area contributed by atoms with E-state index < -0.39 is 8.07 Å². The van der Waals surface area contributed by atoms with Crippen LogP contribution in [0.3, 0.4) is 0 Å². The summed E-state index contributed by atoms with van der Waals surface area (Å²) in [5, 5.41) is 0. The fourth-order valence-corrected chi connectivity index (χ4v) is 4.19. The molecule has 2 aliphatic carbocycles. The van der Waals surface area contributed by atoms with Crippen LogP contribution in [0, 0.1) is 62.8 Å². The molecule has 0 unspecified atom stereocenters. The van der Waals surface area contributed by atoms with E-state index >= 15 is 0 Å². The van der Waals surface area contributed by atoms with E-state index in [1.807, 2.05) is 32.1 Å². The van der Waals surface area contributed by atoms with E-state index in [1.54, 1.807) is 7.11 Å². The van der Waals surface area contributed by atoms with E-state index in [2.05, 4.69) is 52.8 Å². The Morgan fingerprint density at radius 1 is 1.04 bits per heavy atom. The number of aliphatic imine (C=N–C) groups is 1. The van der Waals surface area contributed by atoms with Crippen molar-refractivity contribution in [2.24, 2.45) is 4.99 Å². The minimum Gasteiger partial charge on any atom is -0.478 e. The summed E-state index contributed by atoms with van der Waals surface area (Å²) in [4.78, 5) is 4.74. The van der Waals surface area contributed by atoms with E-state index in [1.165, 1.54) is 11.5 Å². The molecule has 3 aliphatic rings. The van der Waals surface area contributed by atoms with Gasteiger partial charge in [-0.2, -0.15) is 0 Å². The molecule has 1 aliphatic heterocycles. The Hall–Kier alpha value is 0.166. The summed E-state index contributed by atoms with van der Waals surface area (Å²) in [5.41, 5.74) is 1.13. The van der Waals surface area contributed by atoms with Gasteiger partial charge >= 0.3 is 17.1 Å². The molecule has 0 N–H and O–H groups in total. The largest absolute Gasteiger partial charge is 2.00 e. The van der Waals surface area contributed by atoms with Crippen LogP contribution in [0.2, 0.25) is 19.6 Å². The summed E-state index contributed by atoms with van der Waals surface area (Å²) in [6, 6.07) is 0.0666. The van der Waals surface area contributed by atoms with Gasteiger partial charge in [-0.25, -0.2) is 4.99 Å². The quantitative estimate of drug-likeness (QED) is 0.672. The molecule has 0 saturated heterocycles. The Kier molecular flexibility index (Phi) is 9.20. The molecular weight excluding hydrogens is 370 g/mol. The zero-order valence-electron chi connectivity index (χ0n) is 16.0. The van der Waals surface area contributed by atoms with Crippen molar-refractivity contribution in [2.75, 3.05) is 13.7 Å². The fraction of sp³-hybridized carbons (Fsp3) is 0.450. The monoisotopic (exact) mass is 399 g/mol. The number of hydrogen-bond acceptors (Lipinski definition) is 3. The second kappa shape index (κ2) is 9.92. The van der Waals surface area contributed by atoms with Gasteiger partial charge in [0.1, 0.15) is 12.6 Å². The summed E-state index contributed by atoms with van der Waals surface area (Å²) < 4.78 is 11.3. The fourth-order valence-electron chi connectivity index (χ4n) is 2.59. The Balaban J connectivity index is 0.000000448. The first kappa shape index (κ1) is 23.2. The number of hydrogen-bond donors (Lipinski definition) is 0. The Labute approximate surface area is 167 Å². The minimum absolute atomic E-state index is 0. The van der Waals surface area contributed by atoms with Gasteiger partial charge in [0.25, 0.3) is 0 Å². The summed E-state index contributed by atoms with van der Waals surface area (Å²) in [6.07, 6.45) is 16.4. The average Bonchev–Trinajstić information content (AvgIpc) is 3.26. The topological polar surface area (TPSA) is 30.8 Å². The van der Waals surface area contributed by atoms with Crippen LogP contribution in [0.25, 0.3) is 0 Å². The Bertz CT molecular complexity index is 422. The van der Waals surface area contributed by atoms with Gasteiger partial charge in [-0.1, -0.05) is 19.6 Å². The number of rotatable bonds is 4. The van der Waals surface area contributed by atoms with Crippen LogP contribution in [0.5, 0.6) is 0 Å². The zero-order valence-corrected chi connectivity index (χ0v) is 18.1. The standard InChI is InChI=1S/C15H24NO2Si.C5H5.Fe/c1-15(2,17-3)13-10-18-14(16-13)11-8-7-9-12(11)19(4,5)6;1-2-4-5-3-1;/h7-9,13H,10H2,1-6H3;1-5H;/q;;+2/t13-;;/m0../s1. The predicted molar refractivity (Wildman–Crippen MR) is 102 cm³/mol. The molecule has 2 saturated carbocycles. The smallest absolute Gasteiger partial charge is 0.478 e. The first-order valence-electron chi connectivity index (χ1n) is 8.44. The zero-order chi connectivity index (χ0) is 17.8. The summed E-state index contributed by atoms with van der Waals surface area (Å²) in [6.45, 7) is 11.7. The van der Waals surface area contributed by atoms with E-state index in [4.69, 9.17) is 14.5 Å². The number of ether oxygens (including phenoxy) is 2. The molecule has 0 spiro atoms. The normalized spacial score (nSPS) is 25.0. The maximum atomic E-state index is 5.83. The van der Waals surface area contributed by atoms with Crippen molar-refractivity contribution < 1.29 is 26.5 Å². The van der Waals surface area contributed by atoms with Gasteiger partial charge < -0.3 is 9.47 Å². The molecule has 10 radical (unpaired) electrons. The van der Waals surface area contributed by atoms with Crippen molar-refractivity contribution in [3.8, 4) is 0 Å². The van der Waals surface area contributed by atoms with E-state index in [-0.39, 0.29) is 28.7 Å². The van der Waals surface area contributed by atoms with Crippen molar-refractivity contribution in [1.29, 1.82) is 0 Å². The first-order valence-corrected chi connectivity index (χ1v) is 11.9. The maximum Gasteiger partial charge on any atom is 2.00 e. The van der Waals surface area contributed by atoms with Crippen LogP contribution in [0.1, 0.15) is 13.8 Å². The van der Waals surface area contributed by atoms with Crippen LogP contribution in [0.15, 0.2) is 4.99 Å². The van der Waals surface area contributed by atoms with Gasteiger partial charge in [-0.05, 0) is 70.8 Å². The molecule has 2 fully saturated rings. The third-order valence-corrected chi connectivity index (χ3v) is 6.44. The van der Waals surface area contributed by atoms with Crippen LogP contribution >= 0.6 is 0 Å². The summed E-state index contributed by atoms with van der Waals surface area (Å²) >= 11 is 0. The SMILES string of the molecule is COC(C)(C)[C@@H]1COC([C]2[CH][CH][CH][C]2[Si](C)(C)C)=N1.[CH]1[CH][CH][CH][CH]1.[Fe+2]. The molecule has 0 aromatic rings. The van der Waals surface area contributed by atoms with Crippen molar-refractivity contribution >= 4 is 14.0 Å². The van der Waals surface area contributed by atoms with Crippen LogP contribution in [0.4, 0.5) is 0 Å². The van der Waals surface area contributed by atoms with Gasteiger partial charge in [0, 0.05) is 7.11 Å². The van der Waals surface area contributed by atoms with Gasteiger partial charge in [0.2, 0.25) is 0 Å². The van der Waals surface area contributed by atoms with E-state index in [9.17, 15) is 0 Å². The first-order chi connectivity index (χ1) is 11.3. The van der Waals surface area contributed by atoms with Gasteiger partial charge in [-0.3, -0.25) is 0 Å². The van der Waals surface area contributed by atoms with Gasteiger partial charge in [0.05, 0.1) is 19.6 Å². The Morgan fingerprint density at radius 2 is 1.60 bits per heavy atom. The molecule has 1 atom stereocenters. The van der Waals surface area contributed by atoms with Crippen LogP contribution < -0.4 is 0 Å². The molecule has 25 heavy (non-hydrogen) atoms.